The molecule has 1 unspecified atom stereocenters. The number of anilines is 1. The average molecular weight is 272 g/mol. The number of carbonyl (C=O) groups excluding carboxylic acids is 1. The summed E-state index contributed by atoms with van der Waals surface area (Å²) in [6.07, 6.45) is -0.605. The summed E-state index contributed by atoms with van der Waals surface area (Å²) in [5.41, 5.74) is 0. The van der Waals surface area contributed by atoms with Crippen molar-refractivity contribution in [1.29, 1.82) is 0 Å². The fraction of sp³-hybridized carbons (Fsp3) is 0.500. The number of carboxylic acids is 2. The molecule has 11 heteroatoms. The van der Waals surface area contributed by atoms with Gasteiger partial charge in [0, 0.05) is 6.42 Å². The molecule has 2 amide bonds. The van der Waals surface area contributed by atoms with E-state index in [0.29, 0.717) is 0 Å². The van der Waals surface area contributed by atoms with E-state index in [4.69, 9.17) is 10.2 Å². The molecule has 0 saturated carbocycles. The van der Waals surface area contributed by atoms with Crippen molar-refractivity contribution >= 4 is 23.9 Å². The Labute approximate surface area is 106 Å². The quantitative estimate of drug-likeness (QED) is 0.494. The van der Waals surface area contributed by atoms with E-state index in [1.54, 1.807) is 0 Å². The molecule has 0 radical (unpaired) electrons. The first-order valence-corrected chi connectivity index (χ1v) is 5.14. The van der Waals surface area contributed by atoms with Crippen LogP contribution in [0.5, 0.6) is 0 Å². The van der Waals surface area contributed by atoms with Crippen molar-refractivity contribution in [2.45, 2.75) is 18.9 Å². The Kier molecular flexibility index (Phi) is 4.74. The number of tetrazole rings is 1. The van der Waals surface area contributed by atoms with Crippen LogP contribution in [0.1, 0.15) is 12.8 Å². The molecule has 0 spiro atoms. The maximum atomic E-state index is 11.4. The molecule has 0 fully saturated rings. The van der Waals surface area contributed by atoms with E-state index in [1.807, 2.05) is 0 Å². The molecule has 0 saturated heterocycles. The van der Waals surface area contributed by atoms with Gasteiger partial charge in [0.25, 0.3) is 5.95 Å². The summed E-state index contributed by atoms with van der Waals surface area (Å²) in [5, 5.41) is 32.1. The number of nitrogens with one attached hydrogen (secondary N) is 2. The molecule has 4 N–H and O–H groups in total. The topological polar surface area (TPSA) is 159 Å². The van der Waals surface area contributed by atoms with E-state index >= 15 is 0 Å². The van der Waals surface area contributed by atoms with Gasteiger partial charge in [-0.05, 0) is 11.6 Å². The molecule has 19 heavy (non-hydrogen) atoms. The standard InChI is InChI=1S/C8H12N6O5/c1-14-12-7(11-13-14)10-8(19)9-4(6(17)18)2-3-5(15)16/h4H,2-3H2,1H3,(H,15,16)(H,17,18)(H2,9,10,12,19). The van der Waals surface area contributed by atoms with E-state index in [9.17, 15) is 14.4 Å². The lowest BCUT2D eigenvalue weighted by Crippen LogP contribution is -2.43. The SMILES string of the molecule is Cn1nnc(NC(=O)NC(CCC(=O)O)C(=O)O)n1. The first kappa shape index (κ1) is 14.3. The fourth-order valence-electron chi connectivity index (χ4n) is 1.16. The molecule has 0 bridgehead atoms. The van der Waals surface area contributed by atoms with Crippen LogP contribution in [0.25, 0.3) is 0 Å². The summed E-state index contributed by atoms with van der Waals surface area (Å²) in [7, 11) is 1.49. The van der Waals surface area contributed by atoms with Crippen LogP contribution in [0.3, 0.4) is 0 Å². The van der Waals surface area contributed by atoms with Crippen LogP contribution in [-0.2, 0) is 16.6 Å². The van der Waals surface area contributed by atoms with Gasteiger partial charge >= 0.3 is 18.0 Å². The highest BCUT2D eigenvalue weighted by atomic mass is 16.4. The Morgan fingerprint density at radius 1 is 1.37 bits per heavy atom. The summed E-state index contributed by atoms with van der Waals surface area (Å²) < 4.78 is 0. The van der Waals surface area contributed by atoms with Gasteiger partial charge in [-0.2, -0.15) is 4.80 Å². The minimum atomic E-state index is -1.33. The fourth-order valence-corrected chi connectivity index (χ4v) is 1.16. The second-order valence-electron chi connectivity index (χ2n) is 3.52. The number of urea groups is 1. The molecule has 0 aliphatic carbocycles. The van der Waals surface area contributed by atoms with E-state index in [-0.39, 0.29) is 18.8 Å². The lowest BCUT2D eigenvalue weighted by molar-refractivity contribution is -0.140. The van der Waals surface area contributed by atoms with E-state index < -0.39 is 24.0 Å². The number of rotatable bonds is 6. The minimum Gasteiger partial charge on any atom is -0.481 e. The minimum absolute atomic E-state index is 0.0950. The molecule has 104 valence electrons. The van der Waals surface area contributed by atoms with Gasteiger partial charge < -0.3 is 15.5 Å². The number of amides is 2. The summed E-state index contributed by atoms with van der Waals surface area (Å²) >= 11 is 0. The molecule has 0 aliphatic heterocycles. The number of aromatic nitrogens is 4. The third-order valence-corrected chi connectivity index (χ3v) is 1.98. The number of hydrogen-bond donors (Lipinski definition) is 4. The summed E-state index contributed by atoms with van der Waals surface area (Å²) in [5.74, 6) is -2.57. The molecule has 0 aromatic carbocycles. The molecular formula is C8H12N6O5. The van der Waals surface area contributed by atoms with Crippen molar-refractivity contribution in [3.05, 3.63) is 0 Å². The largest absolute Gasteiger partial charge is 0.481 e. The number of nitrogens with zero attached hydrogens (tertiary/aromatic N) is 4. The Balaban J connectivity index is 2.51. The van der Waals surface area contributed by atoms with E-state index in [0.717, 1.165) is 4.80 Å². The Hall–Kier alpha value is -2.72. The molecule has 11 nitrogen and oxygen atoms in total. The highest BCUT2D eigenvalue weighted by molar-refractivity contribution is 5.90. The molecule has 1 aromatic rings. The zero-order valence-corrected chi connectivity index (χ0v) is 9.90. The molecule has 1 rings (SSSR count). The second kappa shape index (κ2) is 6.28. The maximum Gasteiger partial charge on any atom is 0.326 e. The average Bonchev–Trinajstić information content (AvgIpc) is 2.69. The Morgan fingerprint density at radius 3 is 2.53 bits per heavy atom. The Bertz CT molecular complexity index is 486. The van der Waals surface area contributed by atoms with Crippen molar-refractivity contribution in [3.63, 3.8) is 0 Å². The van der Waals surface area contributed by atoms with Gasteiger partial charge in [0.2, 0.25) is 0 Å². The lowest BCUT2D eigenvalue weighted by Gasteiger charge is -2.12. The molecule has 0 aliphatic rings. The van der Waals surface area contributed by atoms with Gasteiger partial charge in [0.15, 0.2) is 0 Å². The number of hydrogen-bond acceptors (Lipinski definition) is 6. The molecular weight excluding hydrogens is 260 g/mol. The highest BCUT2D eigenvalue weighted by Crippen LogP contribution is 1.99. The van der Waals surface area contributed by atoms with Gasteiger partial charge in [-0.15, -0.1) is 5.10 Å². The normalized spacial score (nSPS) is 11.6. The van der Waals surface area contributed by atoms with Crippen molar-refractivity contribution in [2.75, 3.05) is 5.32 Å². The van der Waals surface area contributed by atoms with Gasteiger partial charge in [-0.25, -0.2) is 9.59 Å². The third kappa shape index (κ3) is 4.97. The van der Waals surface area contributed by atoms with Crippen LogP contribution in [0.15, 0.2) is 0 Å². The zero-order chi connectivity index (χ0) is 14.4. The third-order valence-electron chi connectivity index (χ3n) is 1.98. The number of aliphatic carboxylic acids is 2. The summed E-state index contributed by atoms with van der Waals surface area (Å²) in [6.45, 7) is 0. The highest BCUT2D eigenvalue weighted by Gasteiger charge is 2.21. The smallest absolute Gasteiger partial charge is 0.326 e. The van der Waals surface area contributed by atoms with Crippen molar-refractivity contribution in [3.8, 4) is 0 Å². The molecule has 1 atom stereocenters. The first-order valence-electron chi connectivity index (χ1n) is 5.14. The second-order valence-corrected chi connectivity index (χ2v) is 3.52. The Morgan fingerprint density at radius 2 is 2.05 bits per heavy atom. The van der Waals surface area contributed by atoms with E-state index in [2.05, 4.69) is 26.0 Å². The predicted octanol–water partition coefficient (Wildman–Crippen LogP) is -1.35. The monoisotopic (exact) mass is 272 g/mol. The van der Waals surface area contributed by atoms with Crippen LogP contribution in [0.2, 0.25) is 0 Å². The maximum absolute atomic E-state index is 11.4. The van der Waals surface area contributed by atoms with Crippen LogP contribution in [-0.4, -0.2) is 54.4 Å². The number of carboxylic acid groups (broad SMARTS) is 2. The van der Waals surface area contributed by atoms with Gasteiger partial charge in [-0.3, -0.25) is 10.1 Å². The van der Waals surface area contributed by atoms with Crippen molar-refractivity contribution in [1.82, 2.24) is 25.5 Å². The molecule has 1 aromatic heterocycles. The first-order chi connectivity index (χ1) is 8.88. The van der Waals surface area contributed by atoms with Crippen LogP contribution in [0, 0.1) is 0 Å². The number of aryl methyl sites for hydroxylation is 1. The predicted molar refractivity (Wildman–Crippen MR) is 59.2 cm³/mol. The van der Waals surface area contributed by atoms with Crippen LogP contribution < -0.4 is 10.6 Å². The lowest BCUT2D eigenvalue weighted by atomic mass is 10.1. The molecule has 1 heterocycles. The van der Waals surface area contributed by atoms with Crippen LogP contribution in [0.4, 0.5) is 10.7 Å². The van der Waals surface area contributed by atoms with Gasteiger partial charge in [-0.1, -0.05) is 5.10 Å². The number of carbonyl (C=O) groups is 3. The summed E-state index contributed by atoms with van der Waals surface area (Å²) in [6, 6.07) is -2.17. The van der Waals surface area contributed by atoms with E-state index in [1.165, 1.54) is 7.05 Å². The van der Waals surface area contributed by atoms with Crippen LogP contribution >= 0.6 is 0 Å². The van der Waals surface area contributed by atoms with Crippen molar-refractivity contribution < 1.29 is 24.6 Å². The van der Waals surface area contributed by atoms with Gasteiger partial charge in [0.05, 0.1) is 7.05 Å². The summed E-state index contributed by atoms with van der Waals surface area (Å²) in [4.78, 5) is 33.7. The van der Waals surface area contributed by atoms with Gasteiger partial charge in [0.1, 0.15) is 6.04 Å². The zero-order valence-electron chi connectivity index (χ0n) is 9.90. The van der Waals surface area contributed by atoms with Crippen molar-refractivity contribution in [2.24, 2.45) is 7.05 Å².